The third kappa shape index (κ3) is 2.93. The molecule has 6 nitrogen and oxygen atoms in total. The van der Waals surface area contributed by atoms with Crippen molar-refractivity contribution in [1.82, 2.24) is 4.90 Å². The van der Waals surface area contributed by atoms with Crippen LogP contribution in [0.2, 0.25) is 0 Å². The van der Waals surface area contributed by atoms with Crippen LogP contribution in [0.3, 0.4) is 0 Å². The molecular weight excluding hydrogens is 200 g/mol. The van der Waals surface area contributed by atoms with Crippen molar-refractivity contribution in [1.29, 1.82) is 0 Å². The van der Waals surface area contributed by atoms with Crippen molar-refractivity contribution in [2.75, 3.05) is 6.54 Å². The van der Waals surface area contributed by atoms with E-state index in [0.717, 1.165) is 12.8 Å². The molecule has 1 rings (SSSR count). The van der Waals surface area contributed by atoms with Crippen molar-refractivity contribution in [3.8, 4) is 0 Å². The van der Waals surface area contributed by atoms with E-state index in [4.69, 9.17) is 10.8 Å². The summed E-state index contributed by atoms with van der Waals surface area (Å²) < 4.78 is 0. The number of piperidine rings is 1. The van der Waals surface area contributed by atoms with Crippen LogP contribution in [-0.2, 0) is 14.4 Å². The number of carboxylic acid groups (broad SMARTS) is 1. The van der Waals surface area contributed by atoms with Crippen LogP contribution in [0.4, 0.5) is 0 Å². The van der Waals surface area contributed by atoms with Crippen molar-refractivity contribution in [3.63, 3.8) is 0 Å². The second-order valence-electron chi connectivity index (χ2n) is 3.58. The largest absolute Gasteiger partial charge is 0.480 e. The molecule has 0 aromatic heterocycles. The predicted octanol–water partition coefficient (Wildman–Crippen LogP) is -0.673. The first-order valence-electron chi connectivity index (χ1n) is 4.83. The molecule has 0 aliphatic carbocycles. The minimum absolute atomic E-state index is 0.392. The number of primary amides is 1. The first-order chi connectivity index (χ1) is 7.02. The molecule has 84 valence electrons. The third-order valence-corrected chi connectivity index (χ3v) is 2.43. The van der Waals surface area contributed by atoms with Gasteiger partial charge >= 0.3 is 5.97 Å². The number of nitrogens with zero attached hydrogens (tertiary/aromatic N) is 1. The molecule has 3 N–H and O–H groups in total. The van der Waals surface area contributed by atoms with Gasteiger partial charge in [0, 0.05) is 6.54 Å². The summed E-state index contributed by atoms with van der Waals surface area (Å²) in [5.74, 6) is -2.24. The molecule has 2 amide bonds. The zero-order chi connectivity index (χ0) is 11.4. The number of amides is 2. The monoisotopic (exact) mass is 214 g/mol. The maximum atomic E-state index is 11.5. The van der Waals surface area contributed by atoms with Crippen LogP contribution in [0, 0.1) is 0 Å². The van der Waals surface area contributed by atoms with Gasteiger partial charge in [0.15, 0.2) is 0 Å². The molecule has 0 aromatic carbocycles. The standard InChI is InChI=1S/C9H14N2O4/c10-7(12)5-8(13)11-4-2-1-3-6(11)9(14)15/h6H,1-5H2,(H2,10,12)(H,14,15). The van der Waals surface area contributed by atoms with E-state index in [2.05, 4.69) is 0 Å². The van der Waals surface area contributed by atoms with Gasteiger partial charge in [-0.2, -0.15) is 0 Å². The van der Waals surface area contributed by atoms with Crippen LogP contribution in [0.5, 0.6) is 0 Å². The molecule has 0 bridgehead atoms. The quantitative estimate of drug-likeness (QED) is 0.608. The lowest BCUT2D eigenvalue weighted by atomic mass is 10.0. The highest BCUT2D eigenvalue weighted by molar-refractivity contribution is 5.97. The average Bonchev–Trinajstić information content (AvgIpc) is 2.16. The normalized spacial score (nSPS) is 21.1. The molecule has 6 heteroatoms. The molecule has 1 aliphatic heterocycles. The number of carbonyl (C=O) groups excluding carboxylic acids is 2. The number of hydrogen-bond acceptors (Lipinski definition) is 3. The molecule has 1 saturated heterocycles. The fourth-order valence-electron chi connectivity index (χ4n) is 1.74. The van der Waals surface area contributed by atoms with E-state index in [1.165, 1.54) is 4.90 Å². The number of rotatable bonds is 3. The summed E-state index contributed by atoms with van der Waals surface area (Å²) >= 11 is 0. The van der Waals surface area contributed by atoms with Gasteiger partial charge < -0.3 is 15.7 Å². The molecule has 15 heavy (non-hydrogen) atoms. The van der Waals surface area contributed by atoms with Gasteiger partial charge in [0.1, 0.15) is 12.5 Å². The Bertz CT molecular complexity index is 290. The highest BCUT2D eigenvalue weighted by Gasteiger charge is 2.32. The first-order valence-corrected chi connectivity index (χ1v) is 4.83. The van der Waals surface area contributed by atoms with E-state index in [-0.39, 0.29) is 0 Å². The van der Waals surface area contributed by atoms with Crippen LogP contribution in [0.15, 0.2) is 0 Å². The van der Waals surface area contributed by atoms with Gasteiger partial charge in [-0.15, -0.1) is 0 Å². The van der Waals surface area contributed by atoms with E-state index < -0.39 is 30.2 Å². The zero-order valence-corrected chi connectivity index (χ0v) is 8.31. The summed E-state index contributed by atoms with van der Waals surface area (Å²) in [6.45, 7) is 0.392. The number of carboxylic acids is 1. The van der Waals surface area contributed by atoms with Crippen molar-refractivity contribution in [2.45, 2.75) is 31.7 Å². The summed E-state index contributed by atoms with van der Waals surface area (Å²) in [5, 5.41) is 8.88. The molecule has 0 saturated carbocycles. The van der Waals surface area contributed by atoms with E-state index >= 15 is 0 Å². The lowest BCUT2D eigenvalue weighted by Crippen LogP contribution is -2.48. The molecule has 0 spiro atoms. The predicted molar refractivity (Wildman–Crippen MR) is 50.8 cm³/mol. The van der Waals surface area contributed by atoms with E-state index in [0.29, 0.717) is 13.0 Å². The van der Waals surface area contributed by atoms with Crippen molar-refractivity contribution in [2.24, 2.45) is 5.73 Å². The zero-order valence-electron chi connectivity index (χ0n) is 8.31. The van der Waals surface area contributed by atoms with E-state index in [9.17, 15) is 14.4 Å². The average molecular weight is 214 g/mol. The third-order valence-electron chi connectivity index (χ3n) is 2.43. The minimum atomic E-state index is -1.02. The Labute approximate surface area is 87.0 Å². The summed E-state index contributed by atoms with van der Waals surface area (Å²) in [6, 6.07) is -0.800. The van der Waals surface area contributed by atoms with Gasteiger partial charge in [0.05, 0.1) is 0 Å². The van der Waals surface area contributed by atoms with Crippen LogP contribution >= 0.6 is 0 Å². The fourth-order valence-corrected chi connectivity index (χ4v) is 1.74. The SMILES string of the molecule is NC(=O)CC(=O)N1CCCCC1C(=O)O. The van der Waals surface area contributed by atoms with Crippen molar-refractivity contribution >= 4 is 17.8 Å². The summed E-state index contributed by atoms with van der Waals surface area (Å²) in [7, 11) is 0. The number of aliphatic carboxylic acids is 1. The second-order valence-corrected chi connectivity index (χ2v) is 3.58. The lowest BCUT2D eigenvalue weighted by Gasteiger charge is -2.32. The van der Waals surface area contributed by atoms with Gasteiger partial charge in [-0.1, -0.05) is 0 Å². The maximum absolute atomic E-state index is 11.5. The number of likely N-dealkylation sites (tertiary alicyclic amines) is 1. The Morgan fingerprint density at radius 1 is 1.33 bits per heavy atom. The van der Waals surface area contributed by atoms with Crippen LogP contribution < -0.4 is 5.73 Å². The van der Waals surface area contributed by atoms with Gasteiger partial charge in [0.2, 0.25) is 11.8 Å². The molecule has 1 atom stereocenters. The second kappa shape index (κ2) is 4.77. The molecule has 0 radical (unpaired) electrons. The number of hydrogen-bond donors (Lipinski definition) is 2. The summed E-state index contributed by atoms with van der Waals surface area (Å²) in [6.07, 6.45) is 1.59. The number of carbonyl (C=O) groups is 3. The Hall–Kier alpha value is -1.59. The fraction of sp³-hybridized carbons (Fsp3) is 0.667. The maximum Gasteiger partial charge on any atom is 0.326 e. The van der Waals surface area contributed by atoms with Crippen LogP contribution in [0.1, 0.15) is 25.7 Å². The molecule has 0 aromatic rings. The first kappa shape index (κ1) is 11.5. The Balaban J connectivity index is 2.67. The Morgan fingerprint density at radius 3 is 2.53 bits per heavy atom. The highest BCUT2D eigenvalue weighted by atomic mass is 16.4. The van der Waals surface area contributed by atoms with Gasteiger partial charge in [-0.05, 0) is 19.3 Å². The summed E-state index contributed by atoms with van der Waals surface area (Å²) in [4.78, 5) is 34.1. The lowest BCUT2D eigenvalue weighted by molar-refractivity contribution is -0.152. The van der Waals surface area contributed by atoms with Gasteiger partial charge in [0.25, 0.3) is 0 Å². The smallest absolute Gasteiger partial charge is 0.326 e. The minimum Gasteiger partial charge on any atom is -0.480 e. The Kier molecular flexibility index (Phi) is 3.65. The van der Waals surface area contributed by atoms with Gasteiger partial charge in [-0.3, -0.25) is 9.59 Å². The van der Waals surface area contributed by atoms with Crippen LogP contribution in [0.25, 0.3) is 0 Å². The summed E-state index contributed by atoms with van der Waals surface area (Å²) in [5.41, 5.74) is 4.89. The molecule has 1 unspecified atom stereocenters. The molecular formula is C9H14N2O4. The number of nitrogens with two attached hydrogens (primary N) is 1. The van der Waals surface area contributed by atoms with Crippen molar-refractivity contribution in [3.05, 3.63) is 0 Å². The van der Waals surface area contributed by atoms with Crippen LogP contribution in [-0.4, -0.2) is 40.4 Å². The van der Waals surface area contributed by atoms with Crippen molar-refractivity contribution < 1.29 is 19.5 Å². The van der Waals surface area contributed by atoms with Gasteiger partial charge in [-0.25, -0.2) is 4.79 Å². The molecule has 1 heterocycles. The Morgan fingerprint density at radius 2 is 2.00 bits per heavy atom. The highest BCUT2D eigenvalue weighted by Crippen LogP contribution is 2.17. The topological polar surface area (TPSA) is 101 Å². The van der Waals surface area contributed by atoms with E-state index in [1.54, 1.807) is 0 Å². The molecule has 1 aliphatic rings. The van der Waals surface area contributed by atoms with E-state index in [1.807, 2.05) is 0 Å². The molecule has 1 fully saturated rings.